The molecule has 0 aromatic carbocycles. The Balaban J connectivity index is 1.65. The van der Waals surface area contributed by atoms with Crippen LogP contribution in [0.1, 0.15) is 24.4 Å². The first-order valence-corrected chi connectivity index (χ1v) is 9.73. The Morgan fingerprint density at radius 1 is 1.12 bits per heavy atom. The molecule has 32 heavy (non-hydrogen) atoms. The van der Waals surface area contributed by atoms with E-state index in [0.717, 1.165) is 11.3 Å². The van der Waals surface area contributed by atoms with Gasteiger partial charge in [-0.1, -0.05) is 6.07 Å². The lowest BCUT2D eigenvalue weighted by molar-refractivity contribution is 0.566. The van der Waals surface area contributed by atoms with E-state index in [0.29, 0.717) is 28.2 Å². The number of hydrogen-bond acceptors (Lipinski definition) is 9. The molecule has 0 fully saturated rings. The molecule has 5 rings (SSSR count). The maximum atomic E-state index is 9.23. The average Bonchev–Trinajstić information content (AvgIpc) is 3.43. The lowest BCUT2D eigenvalue weighted by atomic mass is 10.2. The molecule has 5 aromatic heterocycles. The fourth-order valence-electron chi connectivity index (χ4n) is 3.48. The number of nitrogen functional groups attached to an aromatic ring is 1. The van der Waals surface area contributed by atoms with Crippen molar-refractivity contribution < 1.29 is 0 Å². The van der Waals surface area contributed by atoms with E-state index in [4.69, 9.17) is 15.8 Å². The van der Waals surface area contributed by atoms with Gasteiger partial charge >= 0.3 is 0 Å². The summed E-state index contributed by atoms with van der Waals surface area (Å²) < 4.78 is 3.43. The summed E-state index contributed by atoms with van der Waals surface area (Å²) in [6.45, 7) is 1.96. The number of rotatable bonds is 4. The second kappa shape index (κ2) is 7.51. The maximum absolute atomic E-state index is 9.23. The summed E-state index contributed by atoms with van der Waals surface area (Å²) in [4.78, 5) is 22.0. The van der Waals surface area contributed by atoms with Crippen molar-refractivity contribution in [3.63, 3.8) is 0 Å². The average molecular weight is 423 g/mol. The molecular weight excluding hydrogens is 406 g/mol. The van der Waals surface area contributed by atoms with Crippen LogP contribution in [-0.2, 0) is 7.05 Å². The molecule has 1 unspecified atom stereocenters. The molecule has 5 heterocycles. The van der Waals surface area contributed by atoms with E-state index < -0.39 is 0 Å². The van der Waals surface area contributed by atoms with Gasteiger partial charge in [-0.15, -0.1) is 0 Å². The van der Waals surface area contributed by atoms with Crippen LogP contribution in [0.4, 0.5) is 5.82 Å². The zero-order chi connectivity index (χ0) is 22.2. The van der Waals surface area contributed by atoms with Gasteiger partial charge in [0.25, 0.3) is 0 Å². The van der Waals surface area contributed by atoms with Gasteiger partial charge in [-0.2, -0.15) is 15.5 Å². The minimum atomic E-state index is -0.293. The van der Waals surface area contributed by atoms with Crippen molar-refractivity contribution in [3.8, 4) is 28.8 Å². The fraction of sp³-hybridized carbons (Fsp3) is 0.143. The Hall–Kier alpha value is -4.72. The van der Waals surface area contributed by atoms with Gasteiger partial charge in [-0.05, 0) is 25.1 Å². The molecule has 0 radical (unpaired) electrons. The van der Waals surface area contributed by atoms with E-state index >= 15 is 0 Å². The molecule has 156 valence electrons. The molecular formula is C21H17N11. The number of pyridine rings is 1. The van der Waals surface area contributed by atoms with Crippen LogP contribution in [0.3, 0.4) is 0 Å². The summed E-state index contributed by atoms with van der Waals surface area (Å²) in [7, 11) is 1.84. The Morgan fingerprint density at radius 2 is 2.00 bits per heavy atom. The molecule has 1 atom stereocenters. The van der Waals surface area contributed by atoms with Gasteiger partial charge in [-0.3, -0.25) is 4.68 Å². The predicted molar refractivity (Wildman–Crippen MR) is 116 cm³/mol. The first-order valence-electron chi connectivity index (χ1n) is 9.73. The molecule has 0 aliphatic heterocycles. The monoisotopic (exact) mass is 423 g/mol. The number of aryl methyl sites for hydroxylation is 1. The molecule has 0 spiro atoms. The van der Waals surface area contributed by atoms with Crippen LogP contribution < -0.4 is 5.73 Å². The van der Waals surface area contributed by atoms with Gasteiger partial charge in [0, 0.05) is 19.4 Å². The Kier molecular flexibility index (Phi) is 4.52. The second-order valence-corrected chi connectivity index (χ2v) is 7.15. The van der Waals surface area contributed by atoms with E-state index in [1.807, 2.05) is 32.3 Å². The standard InChI is InChI=1S/C21H17N11/c1-12(15-6-7-24-20(29-15)13-9-27-31(2)10-13)32-21-17(19(23)25-11-26-21)18(30-32)16-5-3-4-14(8-22)28-16/h3-7,9-12H,1-2H3,(H2,23,25,26). The molecule has 0 saturated carbocycles. The van der Waals surface area contributed by atoms with Gasteiger partial charge in [0.2, 0.25) is 0 Å². The van der Waals surface area contributed by atoms with Gasteiger partial charge in [-0.25, -0.2) is 29.6 Å². The summed E-state index contributed by atoms with van der Waals surface area (Å²) in [6.07, 6.45) is 6.67. The smallest absolute Gasteiger partial charge is 0.164 e. The molecule has 2 N–H and O–H groups in total. The quantitative estimate of drug-likeness (QED) is 0.458. The fourth-order valence-corrected chi connectivity index (χ4v) is 3.48. The van der Waals surface area contributed by atoms with Crippen LogP contribution in [0, 0.1) is 11.3 Å². The van der Waals surface area contributed by atoms with Gasteiger partial charge in [0.1, 0.15) is 29.6 Å². The van der Waals surface area contributed by atoms with Crippen molar-refractivity contribution >= 4 is 16.9 Å². The number of aromatic nitrogens is 9. The third kappa shape index (κ3) is 3.20. The number of fused-ring (bicyclic) bond motifs is 1. The number of anilines is 1. The molecule has 0 saturated heterocycles. The topological polar surface area (TPSA) is 150 Å². The lowest BCUT2D eigenvalue weighted by Gasteiger charge is -2.13. The SMILES string of the molecule is CC(c1ccnc(-c2cnn(C)c2)n1)n1nc(-c2cccc(C#N)n2)c2c(N)ncnc21. The van der Waals surface area contributed by atoms with Crippen molar-refractivity contribution in [2.24, 2.45) is 7.05 Å². The Bertz CT molecular complexity index is 1490. The number of nitrogens with two attached hydrogens (primary N) is 1. The normalized spacial score (nSPS) is 12.0. The van der Waals surface area contributed by atoms with E-state index in [9.17, 15) is 5.26 Å². The lowest BCUT2D eigenvalue weighted by Crippen LogP contribution is -2.12. The highest BCUT2D eigenvalue weighted by atomic mass is 15.3. The van der Waals surface area contributed by atoms with Crippen molar-refractivity contribution in [3.05, 3.63) is 60.6 Å². The van der Waals surface area contributed by atoms with E-state index in [2.05, 4.69) is 25.0 Å². The van der Waals surface area contributed by atoms with Crippen LogP contribution in [-0.4, -0.2) is 44.5 Å². The highest BCUT2D eigenvalue weighted by Gasteiger charge is 2.23. The van der Waals surface area contributed by atoms with E-state index in [1.165, 1.54) is 6.33 Å². The van der Waals surface area contributed by atoms with Crippen LogP contribution in [0.15, 0.2) is 49.2 Å². The number of hydrogen-bond donors (Lipinski definition) is 1. The number of nitrogens with zero attached hydrogens (tertiary/aromatic N) is 10. The van der Waals surface area contributed by atoms with Crippen molar-refractivity contribution in [1.82, 2.24) is 44.5 Å². The molecule has 0 aliphatic rings. The third-order valence-electron chi connectivity index (χ3n) is 5.06. The minimum Gasteiger partial charge on any atom is -0.383 e. The summed E-state index contributed by atoms with van der Waals surface area (Å²) in [5.74, 6) is 0.850. The molecule has 0 aliphatic carbocycles. The van der Waals surface area contributed by atoms with E-state index in [1.54, 1.807) is 40.0 Å². The Morgan fingerprint density at radius 3 is 2.78 bits per heavy atom. The third-order valence-corrected chi connectivity index (χ3v) is 5.06. The maximum Gasteiger partial charge on any atom is 0.164 e. The van der Waals surface area contributed by atoms with Gasteiger partial charge in [0.15, 0.2) is 11.5 Å². The number of nitriles is 1. The van der Waals surface area contributed by atoms with Crippen molar-refractivity contribution in [2.45, 2.75) is 13.0 Å². The summed E-state index contributed by atoms with van der Waals surface area (Å²) >= 11 is 0. The van der Waals surface area contributed by atoms with Gasteiger partial charge in [0.05, 0.1) is 34.6 Å². The van der Waals surface area contributed by atoms with Crippen LogP contribution >= 0.6 is 0 Å². The molecule has 11 nitrogen and oxygen atoms in total. The van der Waals surface area contributed by atoms with Crippen LogP contribution in [0.5, 0.6) is 0 Å². The van der Waals surface area contributed by atoms with Crippen LogP contribution in [0.2, 0.25) is 0 Å². The predicted octanol–water partition coefficient (Wildman–Crippen LogP) is 2.14. The summed E-state index contributed by atoms with van der Waals surface area (Å²) in [6, 6.07) is 8.74. The Labute approximate surface area is 182 Å². The summed E-state index contributed by atoms with van der Waals surface area (Å²) in [5, 5.41) is 18.8. The minimum absolute atomic E-state index is 0.283. The highest BCUT2D eigenvalue weighted by molar-refractivity contribution is 5.97. The van der Waals surface area contributed by atoms with E-state index in [-0.39, 0.29) is 17.6 Å². The zero-order valence-corrected chi connectivity index (χ0v) is 17.2. The zero-order valence-electron chi connectivity index (χ0n) is 17.2. The highest BCUT2D eigenvalue weighted by Crippen LogP contribution is 2.32. The first kappa shape index (κ1) is 19.3. The molecule has 11 heteroatoms. The molecule has 5 aromatic rings. The molecule has 0 bridgehead atoms. The van der Waals surface area contributed by atoms with Crippen molar-refractivity contribution in [1.29, 1.82) is 5.26 Å². The largest absolute Gasteiger partial charge is 0.383 e. The summed E-state index contributed by atoms with van der Waals surface area (Å²) in [5.41, 5.74) is 9.59. The molecule has 0 amide bonds. The van der Waals surface area contributed by atoms with Crippen molar-refractivity contribution in [2.75, 3.05) is 5.73 Å². The van der Waals surface area contributed by atoms with Gasteiger partial charge < -0.3 is 5.73 Å². The second-order valence-electron chi connectivity index (χ2n) is 7.15. The van der Waals surface area contributed by atoms with Crippen LogP contribution in [0.25, 0.3) is 33.8 Å². The first-order chi connectivity index (χ1) is 15.5.